The van der Waals surface area contributed by atoms with Crippen LogP contribution in [0.15, 0.2) is 36.4 Å². The van der Waals surface area contributed by atoms with Crippen molar-refractivity contribution in [3.63, 3.8) is 0 Å². The molecule has 2 bridgehead atoms. The Kier molecular flexibility index (Phi) is 5.95. The second-order valence-corrected chi connectivity index (χ2v) is 10.3. The zero-order valence-corrected chi connectivity index (χ0v) is 20.3. The molecule has 3 aliphatic rings. The molecular formula is C28H30N2O5. The van der Waals surface area contributed by atoms with Crippen molar-refractivity contribution < 1.29 is 23.9 Å². The molecule has 35 heavy (non-hydrogen) atoms. The van der Waals surface area contributed by atoms with Gasteiger partial charge >= 0.3 is 5.97 Å². The molecule has 1 heterocycles. The first-order chi connectivity index (χ1) is 16.7. The summed E-state index contributed by atoms with van der Waals surface area (Å²) in [7, 11) is 0. The number of benzene rings is 2. The smallest absolute Gasteiger partial charge is 0.338 e. The number of rotatable bonds is 6. The lowest BCUT2D eigenvalue weighted by Gasteiger charge is -2.28. The van der Waals surface area contributed by atoms with Gasteiger partial charge in [0.2, 0.25) is 0 Å². The van der Waals surface area contributed by atoms with E-state index in [1.165, 1.54) is 37.5 Å². The van der Waals surface area contributed by atoms with Crippen LogP contribution < -0.4 is 10.2 Å². The molecule has 4 unspecified atom stereocenters. The van der Waals surface area contributed by atoms with E-state index >= 15 is 0 Å². The number of hydrogen-bond acceptors (Lipinski definition) is 5. The topological polar surface area (TPSA) is 92.8 Å². The number of aryl methyl sites for hydroxylation is 2. The third-order valence-corrected chi connectivity index (χ3v) is 7.89. The van der Waals surface area contributed by atoms with Gasteiger partial charge in [0.15, 0.2) is 6.61 Å². The SMILES string of the molecule is Cc1ccc(C)c(N2C(=O)c3ccc(C(=O)OCC(=O)NC(C)C4CC5CCC4C5)cc3C2=O)c1. The molecule has 0 spiro atoms. The zero-order chi connectivity index (χ0) is 24.9. The third-order valence-electron chi connectivity index (χ3n) is 7.89. The van der Waals surface area contributed by atoms with Gasteiger partial charge in [0.1, 0.15) is 0 Å². The van der Waals surface area contributed by atoms with E-state index in [0.29, 0.717) is 17.5 Å². The average Bonchev–Trinajstić information content (AvgIpc) is 3.53. The van der Waals surface area contributed by atoms with Gasteiger partial charge < -0.3 is 10.1 Å². The zero-order valence-electron chi connectivity index (χ0n) is 20.3. The number of carbonyl (C=O) groups excluding carboxylic acids is 4. The number of anilines is 1. The molecule has 5 rings (SSSR count). The molecule has 1 N–H and O–H groups in total. The predicted octanol–water partition coefficient (Wildman–Crippen LogP) is 4.20. The largest absolute Gasteiger partial charge is 0.452 e. The third kappa shape index (κ3) is 4.24. The van der Waals surface area contributed by atoms with E-state index in [-0.39, 0.29) is 35.2 Å². The number of nitrogens with one attached hydrogen (secondary N) is 1. The van der Waals surface area contributed by atoms with Crippen LogP contribution >= 0.6 is 0 Å². The van der Waals surface area contributed by atoms with E-state index in [0.717, 1.165) is 28.4 Å². The highest BCUT2D eigenvalue weighted by Crippen LogP contribution is 2.49. The van der Waals surface area contributed by atoms with Gasteiger partial charge in [-0.2, -0.15) is 0 Å². The van der Waals surface area contributed by atoms with Crippen molar-refractivity contribution in [1.82, 2.24) is 5.32 Å². The number of hydrogen-bond donors (Lipinski definition) is 1. The number of ether oxygens (including phenoxy) is 1. The van der Waals surface area contributed by atoms with Crippen LogP contribution in [0.3, 0.4) is 0 Å². The number of carbonyl (C=O) groups is 4. The summed E-state index contributed by atoms with van der Waals surface area (Å²) >= 11 is 0. The summed E-state index contributed by atoms with van der Waals surface area (Å²) in [6, 6.07) is 9.92. The molecule has 3 amide bonds. The minimum Gasteiger partial charge on any atom is -0.452 e. The minimum atomic E-state index is -0.707. The normalized spacial score (nSPS) is 23.4. The van der Waals surface area contributed by atoms with Gasteiger partial charge in [-0.05, 0) is 93.2 Å². The van der Waals surface area contributed by atoms with Gasteiger partial charge in [-0.15, -0.1) is 0 Å². The van der Waals surface area contributed by atoms with Crippen LogP contribution in [0.1, 0.15) is 74.8 Å². The Labute approximate surface area is 204 Å². The van der Waals surface area contributed by atoms with Crippen molar-refractivity contribution in [1.29, 1.82) is 0 Å². The standard InChI is InChI=1S/C28H30N2O5/c1-15-4-5-16(2)24(10-15)30-26(32)21-9-8-20(13-23(21)27(30)33)28(34)35-14-25(31)29-17(3)22-12-18-6-7-19(22)11-18/h4-5,8-10,13,17-19,22H,6-7,11-12,14H2,1-3H3,(H,29,31). The number of imide groups is 1. The fourth-order valence-corrected chi connectivity index (χ4v) is 6.07. The van der Waals surface area contributed by atoms with Crippen LogP contribution in [0.2, 0.25) is 0 Å². The Bertz CT molecular complexity index is 1240. The molecule has 4 atom stereocenters. The highest BCUT2D eigenvalue weighted by Gasteiger charge is 2.42. The summed E-state index contributed by atoms with van der Waals surface area (Å²) in [6.07, 6.45) is 4.97. The van der Waals surface area contributed by atoms with Crippen molar-refractivity contribution >= 4 is 29.4 Å². The van der Waals surface area contributed by atoms with Gasteiger partial charge in [0.05, 0.1) is 22.4 Å². The van der Waals surface area contributed by atoms with E-state index < -0.39 is 17.8 Å². The number of amides is 3. The maximum absolute atomic E-state index is 13.1. The van der Waals surface area contributed by atoms with Gasteiger partial charge in [0, 0.05) is 6.04 Å². The van der Waals surface area contributed by atoms with Gasteiger partial charge in [-0.25, -0.2) is 9.69 Å². The Morgan fingerprint density at radius 2 is 1.80 bits per heavy atom. The Morgan fingerprint density at radius 1 is 1.03 bits per heavy atom. The lowest BCUT2D eigenvalue weighted by Crippen LogP contribution is -2.42. The molecule has 182 valence electrons. The lowest BCUT2D eigenvalue weighted by molar-refractivity contribution is -0.125. The highest BCUT2D eigenvalue weighted by atomic mass is 16.5. The molecule has 0 radical (unpaired) electrons. The monoisotopic (exact) mass is 474 g/mol. The number of nitrogens with zero attached hydrogens (tertiary/aromatic N) is 1. The molecule has 2 aromatic rings. The van der Waals surface area contributed by atoms with Crippen molar-refractivity contribution in [2.45, 2.75) is 52.5 Å². The summed E-state index contributed by atoms with van der Waals surface area (Å²) < 4.78 is 5.22. The predicted molar refractivity (Wildman–Crippen MR) is 130 cm³/mol. The first kappa shape index (κ1) is 23.3. The fourth-order valence-electron chi connectivity index (χ4n) is 6.07. The van der Waals surface area contributed by atoms with E-state index in [1.807, 2.05) is 32.9 Å². The summed E-state index contributed by atoms with van der Waals surface area (Å²) in [5.74, 6) is 0.0325. The summed E-state index contributed by atoms with van der Waals surface area (Å²) in [5.41, 5.74) is 2.78. The maximum atomic E-state index is 13.1. The fraction of sp³-hybridized carbons (Fsp3) is 0.429. The van der Waals surface area contributed by atoms with E-state index in [2.05, 4.69) is 5.32 Å². The highest BCUT2D eigenvalue weighted by molar-refractivity contribution is 6.35. The van der Waals surface area contributed by atoms with Crippen LogP contribution in [0.5, 0.6) is 0 Å². The van der Waals surface area contributed by atoms with Crippen LogP contribution in [-0.4, -0.2) is 36.3 Å². The molecular weight excluding hydrogens is 444 g/mol. The van der Waals surface area contributed by atoms with Crippen molar-refractivity contribution in [3.8, 4) is 0 Å². The lowest BCUT2D eigenvalue weighted by atomic mass is 9.84. The molecule has 0 saturated heterocycles. The van der Waals surface area contributed by atoms with Crippen LogP contribution in [0.25, 0.3) is 0 Å². The number of esters is 1. The van der Waals surface area contributed by atoms with Gasteiger partial charge in [-0.3, -0.25) is 14.4 Å². The van der Waals surface area contributed by atoms with Crippen molar-refractivity contribution in [2.75, 3.05) is 11.5 Å². The second-order valence-electron chi connectivity index (χ2n) is 10.3. The molecule has 2 fully saturated rings. The molecule has 2 aliphatic carbocycles. The van der Waals surface area contributed by atoms with Crippen LogP contribution in [0.4, 0.5) is 5.69 Å². The van der Waals surface area contributed by atoms with E-state index in [4.69, 9.17) is 4.74 Å². The molecule has 7 nitrogen and oxygen atoms in total. The molecule has 0 aromatic heterocycles. The maximum Gasteiger partial charge on any atom is 0.338 e. The summed E-state index contributed by atoms with van der Waals surface area (Å²) in [5, 5.41) is 2.98. The van der Waals surface area contributed by atoms with E-state index in [1.54, 1.807) is 6.07 Å². The number of fused-ring (bicyclic) bond motifs is 3. The molecule has 1 aliphatic heterocycles. The average molecular weight is 475 g/mol. The van der Waals surface area contributed by atoms with Crippen LogP contribution in [-0.2, 0) is 9.53 Å². The molecule has 2 saturated carbocycles. The summed E-state index contributed by atoms with van der Waals surface area (Å²) in [6.45, 7) is 5.37. The molecule has 2 aromatic carbocycles. The quantitative estimate of drug-likeness (QED) is 0.500. The first-order valence-electron chi connectivity index (χ1n) is 12.3. The van der Waals surface area contributed by atoms with Crippen LogP contribution in [0, 0.1) is 31.6 Å². The second kappa shape index (κ2) is 8.95. The first-order valence-corrected chi connectivity index (χ1v) is 12.3. The van der Waals surface area contributed by atoms with Gasteiger partial charge in [0.25, 0.3) is 17.7 Å². The van der Waals surface area contributed by atoms with E-state index in [9.17, 15) is 19.2 Å². The van der Waals surface area contributed by atoms with Gasteiger partial charge in [-0.1, -0.05) is 18.6 Å². The van der Waals surface area contributed by atoms with Crippen molar-refractivity contribution in [3.05, 3.63) is 64.2 Å². The Morgan fingerprint density at radius 3 is 2.51 bits per heavy atom. The minimum absolute atomic E-state index is 0.0520. The summed E-state index contributed by atoms with van der Waals surface area (Å²) in [4.78, 5) is 52.2. The Hall–Kier alpha value is -3.48. The Balaban J connectivity index is 1.23. The molecule has 7 heteroatoms. The van der Waals surface area contributed by atoms with Crippen molar-refractivity contribution in [2.24, 2.45) is 17.8 Å².